The number of aromatic carboxylic acids is 1. The summed E-state index contributed by atoms with van der Waals surface area (Å²) in [6.07, 6.45) is 3.95. The minimum absolute atomic E-state index is 0.226. The first kappa shape index (κ1) is 22.6. The monoisotopic (exact) mass is 488 g/mol. The summed E-state index contributed by atoms with van der Waals surface area (Å²) < 4.78 is 14.1. The van der Waals surface area contributed by atoms with Crippen molar-refractivity contribution in [2.75, 3.05) is 0 Å². The molecule has 6 rings (SSSR count). The lowest BCUT2D eigenvalue weighted by Crippen LogP contribution is -2.00. The highest BCUT2D eigenvalue weighted by Gasteiger charge is 2.20. The van der Waals surface area contributed by atoms with E-state index in [9.17, 15) is 9.90 Å². The Kier molecular flexibility index (Phi) is 5.91. The Morgan fingerprint density at radius 3 is 2.68 bits per heavy atom. The predicted octanol–water partition coefficient (Wildman–Crippen LogP) is 6.34. The van der Waals surface area contributed by atoms with Crippen LogP contribution in [-0.2, 0) is 19.8 Å². The SMILES string of the molecule is O=C(O)c1ccc2c(c1)/C(=C/Cn1cnc3ccc(COc4ccccc4)cc31)c1ccccc1CO2. The van der Waals surface area contributed by atoms with Gasteiger partial charge in [-0.2, -0.15) is 0 Å². The van der Waals surface area contributed by atoms with E-state index in [2.05, 4.69) is 27.8 Å². The second-order valence-electron chi connectivity index (χ2n) is 8.90. The molecule has 0 aliphatic carbocycles. The van der Waals surface area contributed by atoms with Crippen LogP contribution in [0.2, 0.25) is 0 Å². The molecule has 0 unspecified atom stereocenters. The number of rotatable bonds is 6. The van der Waals surface area contributed by atoms with Crippen LogP contribution in [0.4, 0.5) is 0 Å². The fraction of sp³-hybridized carbons (Fsp3) is 0.0968. The average Bonchev–Trinajstić information content (AvgIpc) is 3.26. The van der Waals surface area contributed by atoms with Crippen molar-refractivity contribution < 1.29 is 19.4 Å². The van der Waals surface area contributed by atoms with Gasteiger partial charge in [-0.05, 0) is 64.7 Å². The van der Waals surface area contributed by atoms with Gasteiger partial charge in [0.15, 0.2) is 0 Å². The Labute approximate surface area is 214 Å². The van der Waals surface area contributed by atoms with E-state index in [0.29, 0.717) is 25.5 Å². The number of benzene rings is 4. The van der Waals surface area contributed by atoms with Crippen LogP contribution < -0.4 is 9.47 Å². The molecule has 1 aliphatic heterocycles. The van der Waals surface area contributed by atoms with Gasteiger partial charge in [0.1, 0.15) is 24.7 Å². The number of para-hydroxylation sites is 1. The van der Waals surface area contributed by atoms with E-state index in [4.69, 9.17) is 9.47 Å². The van der Waals surface area contributed by atoms with Gasteiger partial charge >= 0.3 is 5.97 Å². The van der Waals surface area contributed by atoms with Crippen molar-refractivity contribution >= 4 is 22.6 Å². The van der Waals surface area contributed by atoms with Crippen molar-refractivity contribution in [3.05, 3.63) is 131 Å². The van der Waals surface area contributed by atoms with Crippen molar-refractivity contribution in [2.45, 2.75) is 19.8 Å². The maximum Gasteiger partial charge on any atom is 0.335 e. The van der Waals surface area contributed by atoms with Gasteiger partial charge in [0.2, 0.25) is 0 Å². The minimum atomic E-state index is -0.967. The fourth-order valence-corrected chi connectivity index (χ4v) is 4.64. The summed E-state index contributed by atoms with van der Waals surface area (Å²) in [5.41, 5.74) is 6.98. The van der Waals surface area contributed by atoms with E-state index in [1.807, 2.05) is 67.0 Å². The quantitative estimate of drug-likeness (QED) is 0.302. The lowest BCUT2D eigenvalue weighted by Gasteiger charge is -2.12. The highest BCUT2D eigenvalue weighted by Crippen LogP contribution is 2.37. The van der Waals surface area contributed by atoms with E-state index < -0.39 is 5.97 Å². The first-order valence-corrected chi connectivity index (χ1v) is 12.1. The van der Waals surface area contributed by atoms with Crippen LogP contribution in [0.15, 0.2) is 103 Å². The van der Waals surface area contributed by atoms with Gasteiger partial charge in [0, 0.05) is 12.1 Å². The molecule has 0 spiro atoms. The third kappa shape index (κ3) is 4.57. The maximum atomic E-state index is 11.7. The zero-order valence-corrected chi connectivity index (χ0v) is 20.0. The van der Waals surface area contributed by atoms with Crippen molar-refractivity contribution in [3.8, 4) is 11.5 Å². The van der Waals surface area contributed by atoms with Gasteiger partial charge in [0.05, 0.1) is 22.9 Å². The van der Waals surface area contributed by atoms with E-state index in [1.165, 1.54) is 0 Å². The third-order valence-electron chi connectivity index (χ3n) is 6.53. The number of carboxylic acids is 1. The van der Waals surface area contributed by atoms with Crippen molar-refractivity contribution in [3.63, 3.8) is 0 Å². The number of hydrogen-bond acceptors (Lipinski definition) is 4. The lowest BCUT2D eigenvalue weighted by atomic mass is 9.93. The van der Waals surface area contributed by atoms with Gasteiger partial charge in [-0.25, -0.2) is 9.78 Å². The number of nitrogens with zero attached hydrogens (tertiary/aromatic N) is 2. The molecule has 0 saturated carbocycles. The summed E-state index contributed by atoms with van der Waals surface area (Å²) in [6, 6.07) is 29.0. The second-order valence-corrected chi connectivity index (χ2v) is 8.90. The van der Waals surface area contributed by atoms with Gasteiger partial charge in [0.25, 0.3) is 0 Å². The maximum absolute atomic E-state index is 11.7. The van der Waals surface area contributed by atoms with Crippen molar-refractivity contribution in [2.24, 2.45) is 0 Å². The molecule has 0 radical (unpaired) electrons. The van der Waals surface area contributed by atoms with E-state index in [0.717, 1.165) is 44.6 Å². The normalized spacial score (nSPS) is 13.5. The molecule has 5 aromatic rings. The summed E-state index contributed by atoms with van der Waals surface area (Å²) in [7, 11) is 0. The van der Waals surface area contributed by atoms with Gasteiger partial charge < -0.3 is 19.1 Å². The minimum Gasteiger partial charge on any atom is -0.489 e. The molecule has 0 saturated heterocycles. The van der Waals surface area contributed by atoms with E-state index >= 15 is 0 Å². The highest BCUT2D eigenvalue weighted by molar-refractivity contribution is 5.92. The number of hydrogen-bond donors (Lipinski definition) is 1. The van der Waals surface area contributed by atoms with Crippen molar-refractivity contribution in [1.82, 2.24) is 9.55 Å². The summed E-state index contributed by atoms with van der Waals surface area (Å²) in [5, 5.41) is 9.60. The molecule has 4 aromatic carbocycles. The predicted molar refractivity (Wildman–Crippen MR) is 142 cm³/mol. The molecular formula is C31H24N2O4. The first-order valence-electron chi connectivity index (χ1n) is 12.1. The molecule has 182 valence electrons. The van der Waals surface area contributed by atoms with Crippen LogP contribution in [0.3, 0.4) is 0 Å². The average molecular weight is 489 g/mol. The van der Waals surface area contributed by atoms with Crippen LogP contribution in [0.5, 0.6) is 11.5 Å². The smallest absolute Gasteiger partial charge is 0.335 e. The number of carboxylic acid groups (broad SMARTS) is 1. The van der Waals surface area contributed by atoms with Gasteiger partial charge in [-0.15, -0.1) is 0 Å². The Bertz CT molecular complexity index is 1640. The zero-order chi connectivity index (χ0) is 25.2. The molecule has 0 atom stereocenters. The summed E-state index contributed by atoms with van der Waals surface area (Å²) in [4.78, 5) is 16.3. The molecule has 1 aromatic heterocycles. The molecule has 2 heterocycles. The Morgan fingerprint density at radius 2 is 1.81 bits per heavy atom. The summed E-state index contributed by atoms with van der Waals surface area (Å²) in [6.45, 7) is 1.44. The molecule has 0 bridgehead atoms. The van der Waals surface area contributed by atoms with Crippen LogP contribution >= 0.6 is 0 Å². The molecule has 0 amide bonds. The molecular weight excluding hydrogens is 464 g/mol. The largest absolute Gasteiger partial charge is 0.489 e. The second kappa shape index (κ2) is 9.66. The van der Waals surface area contributed by atoms with E-state index in [1.54, 1.807) is 18.2 Å². The Morgan fingerprint density at radius 1 is 0.973 bits per heavy atom. The molecule has 6 nitrogen and oxygen atoms in total. The van der Waals surface area contributed by atoms with Crippen LogP contribution in [-0.4, -0.2) is 20.6 Å². The van der Waals surface area contributed by atoms with E-state index in [-0.39, 0.29) is 5.56 Å². The number of ether oxygens (including phenoxy) is 2. The van der Waals surface area contributed by atoms with Gasteiger partial charge in [-0.3, -0.25) is 0 Å². The molecule has 37 heavy (non-hydrogen) atoms. The van der Waals surface area contributed by atoms with Crippen LogP contribution in [0.25, 0.3) is 16.6 Å². The number of fused-ring (bicyclic) bond motifs is 3. The van der Waals surface area contributed by atoms with Crippen molar-refractivity contribution in [1.29, 1.82) is 0 Å². The number of carbonyl (C=O) groups is 1. The Balaban J connectivity index is 1.36. The highest BCUT2D eigenvalue weighted by atomic mass is 16.5. The first-order chi connectivity index (χ1) is 18.2. The third-order valence-corrected chi connectivity index (χ3v) is 6.53. The number of allylic oxidation sites excluding steroid dienone is 1. The zero-order valence-electron chi connectivity index (χ0n) is 20.0. The topological polar surface area (TPSA) is 73.6 Å². The molecule has 1 aliphatic rings. The summed E-state index contributed by atoms with van der Waals surface area (Å²) in [5.74, 6) is 0.531. The molecule has 1 N–H and O–H groups in total. The molecule has 0 fully saturated rings. The standard InChI is InChI=1S/C31H24N2O4/c34-31(35)22-11-13-30-27(17-22)26(25-9-5-4-6-23(25)19-37-30)14-15-33-20-32-28-12-10-21(16-29(28)33)18-36-24-7-2-1-3-8-24/h1-14,16-17,20H,15,18-19H2,(H,34,35)/b26-14+. The van der Waals surface area contributed by atoms with Gasteiger partial charge in [-0.1, -0.05) is 54.6 Å². The number of imidazole rings is 1. The lowest BCUT2D eigenvalue weighted by molar-refractivity contribution is 0.0697. The molecule has 6 heteroatoms. The fourth-order valence-electron chi connectivity index (χ4n) is 4.64. The Hall–Kier alpha value is -4.84. The number of aromatic nitrogens is 2. The van der Waals surface area contributed by atoms with Crippen LogP contribution in [0.1, 0.15) is 32.6 Å². The van der Waals surface area contributed by atoms with Crippen LogP contribution in [0, 0.1) is 0 Å². The summed E-state index contributed by atoms with van der Waals surface area (Å²) >= 11 is 0.